The topological polar surface area (TPSA) is 82.1 Å². The second kappa shape index (κ2) is 9.32. The number of benzene rings is 3. The van der Waals surface area contributed by atoms with Crippen molar-refractivity contribution in [1.29, 1.82) is 0 Å². The number of carbonyl (C=O) groups excluding carboxylic acids is 1. The van der Waals surface area contributed by atoms with Crippen LogP contribution in [0.3, 0.4) is 0 Å². The van der Waals surface area contributed by atoms with E-state index in [1.807, 2.05) is 30.3 Å². The Kier molecular flexibility index (Phi) is 6.47. The molecule has 1 N–H and O–H groups in total. The average Bonchev–Trinajstić information content (AvgIpc) is 3.23. The van der Waals surface area contributed by atoms with E-state index in [0.29, 0.717) is 40.7 Å². The number of carboxylic acid groups (broad SMARTS) is 1. The summed E-state index contributed by atoms with van der Waals surface area (Å²) in [6.07, 6.45) is 1.11. The standard InChI is InChI=1S/C26H25ClO6/c1-26(2,25(29)30)11-5-8-21(28)19-10-9-16-6-3-4-7-18(16)24(19)31-14-17-12-22-23(13-20(17)27)33-15-32-22/h3-4,6-7,9-10,12-13H,5,8,11,14-15H2,1-2H3,(H,29,30). The Morgan fingerprint density at radius 1 is 1.09 bits per heavy atom. The van der Waals surface area contributed by atoms with Gasteiger partial charge in [0, 0.05) is 23.4 Å². The zero-order valence-corrected chi connectivity index (χ0v) is 19.3. The molecule has 3 aromatic carbocycles. The lowest BCUT2D eigenvalue weighted by atomic mass is 9.86. The first kappa shape index (κ1) is 22.9. The largest absolute Gasteiger partial charge is 0.487 e. The molecule has 0 atom stereocenters. The van der Waals surface area contributed by atoms with E-state index in [2.05, 4.69) is 0 Å². The molecule has 4 rings (SSSR count). The minimum atomic E-state index is -0.876. The normalized spacial score (nSPS) is 12.7. The Labute approximate surface area is 197 Å². The third kappa shape index (κ3) is 4.91. The van der Waals surface area contributed by atoms with Gasteiger partial charge < -0.3 is 19.3 Å². The van der Waals surface area contributed by atoms with Crippen molar-refractivity contribution in [3.05, 3.63) is 64.7 Å². The summed E-state index contributed by atoms with van der Waals surface area (Å²) in [6.45, 7) is 3.63. The lowest BCUT2D eigenvalue weighted by molar-refractivity contribution is -0.147. The van der Waals surface area contributed by atoms with Gasteiger partial charge in [0.05, 0.1) is 16.0 Å². The summed E-state index contributed by atoms with van der Waals surface area (Å²) in [5.74, 6) is 0.727. The zero-order valence-electron chi connectivity index (χ0n) is 18.5. The van der Waals surface area contributed by atoms with Crippen LogP contribution in [0.15, 0.2) is 48.5 Å². The number of ether oxygens (including phenoxy) is 3. The van der Waals surface area contributed by atoms with Gasteiger partial charge in [-0.15, -0.1) is 0 Å². The highest BCUT2D eigenvalue weighted by Crippen LogP contribution is 2.38. The molecule has 1 heterocycles. The van der Waals surface area contributed by atoms with E-state index in [4.69, 9.17) is 25.8 Å². The number of hydrogen-bond acceptors (Lipinski definition) is 5. The summed E-state index contributed by atoms with van der Waals surface area (Å²) in [6, 6.07) is 14.8. The molecular formula is C26H25ClO6. The maximum Gasteiger partial charge on any atom is 0.309 e. The molecule has 0 spiro atoms. The number of carbonyl (C=O) groups is 2. The SMILES string of the molecule is CC(C)(CCCC(=O)c1ccc2ccccc2c1OCc1cc2c(cc1Cl)OCO2)C(=O)O. The molecule has 7 heteroatoms. The average molecular weight is 469 g/mol. The van der Waals surface area contributed by atoms with E-state index >= 15 is 0 Å². The number of halogens is 1. The minimum Gasteiger partial charge on any atom is -0.487 e. The molecule has 0 unspecified atom stereocenters. The van der Waals surface area contributed by atoms with Crippen LogP contribution in [-0.2, 0) is 11.4 Å². The number of fused-ring (bicyclic) bond motifs is 2. The van der Waals surface area contributed by atoms with Crippen LogP contribution < -0.4 is 14.2 Å². The van der Waals surface area contributed by atoms with Gasteiger partial charge in [0.25, 0.3) is 0 Å². The Morgan fingerprint density at radius 3 is 2.58 bits per heavy atom. The van der Waals surface area contributed by atoms with Gasteiger partial charge in [-0.25, -0.2) is 0 Å². The molecule has 1 aliphatic heterocycles. The van der Waals surface area contributed by atoms with E-state index in [1.165, 1.54) is 0 Å². The molecule has 0 amide bonds. The quantitative estimate of drug-likeness (QED) is 0.373. The van der Waals surface area contributed by atoms with Crippen LogP contribution in [0.25, 0.3) is 10.8 Å². The molecule has 0 bridgehead atoms. The Bertz CT molecular complexity index is 1220. The van der Waals surface area contributed by atoms with Gasteiger partial charge in [-0.1, -0.05) is 41.9 Å². The number of Topliss-reactive ketones (excluding diaryl/α,β-unsaturated/α-hetero) is 1. The van der Waals surface area contributed by atoms with E-state index < -0.39 is 11.4 Å². The minimum absolute atomic E-state index is 0.0891. The van der Waals surface area contributed by atoms with E-state index in [1.54, 1.807) is 32.0 Å². The molecule has 0 aromatic heterocycles. The highest BCUT2D eigenvalue weighted by molar-refractivity contribution is 6.31. The maximum absolute atomic E-state index is 13.1. The predicted octanol–water partition coefficient (Wildman–Crippen LogP) is 6.26. The molecule has 0 saturated heterocycles. The van der Waals surface area contributed by atoms with Crippen molar-refractivity contribution in [3.8, 4) is 17.2 Å². The molecular weight excluding hydrogens is 444 g/mol. The molecule has 172 valence electrons. The van der Waals surface area contributed by atoms with Crippen LogP contribution in [0.2, 0.25) is 5.02 Å². The van der Waals surface area contributed by atoms with Gasteiger partial charge in [-0.3, -0.25) is 9.59 Å². The summed E-state index contributed by atoms with van der Waals surface area (Å²) in [5, 5.41) is 11.6. The van der Waals surface area contributed by atoms with Crippen LogP contribution in [-0.4, -0.2) is 23.7 Å². The second-order valence-corrected chi connectivity index (χ2v) is 9.12. The number of ketones is 1. The summed E-state index contributed by atoms with van der Waals surface area (Å²) in [7, 11) is 0. The van der Waals surface area contributed by atoms with Gasteiger partial charge in [0.2, 0.25) is 6.79 Å². The van der Waals surface area contributed by atoms with Crippen molar-refractivity contribution in [3.63, 3.8) is 0 Å². The van der Waals surface area contributed by atoms with Crippen molar-refractivity contribution in [2.75, 3.05) is 6.79 Å². The first-order valence-corrected chi connectivity index (χ1v) is 11.1. The fraction of sp³-hybridized carbons (Fsp3) is 0.308. The number of aliphatic carboxylic acids is 1. The number of carboxylic acids is 1. The van der Waals surface area contributed by atoms with Gasteiger partial charge in [0.15, 0.2) is 17.3 Å². The van der Waals surface area contributed by atoms with Crippen LogP contribution in [0.4, 0.5) is 0 Å². The highest BCUT2D eigenvalue weighted by Gasteiger charge is 2.27. The highest BCUT2D eigenvalue weighted by atomic mass is 35.5. The molecule has 3 aromatic rings. The summed E-state index contributed by atoms with van der Waals surface area (Å²) >= 11 is 6.40. The zero-order chi connectivity index (χ0) is 23.6. The summed E-state index contributed by atoms with van der Waals surface area (Å²) in [5.41, 5.74) is 0.313. The van der Waals surface area contributed by atoms with Gasteiger partial charge >= 0.3 is 5.97 Å². The van der Waals surface area contributed by atoms with Crippen molar-refractivity contribution in [2.45, 2.75) is 39.7 Å². The smallest absolute Gasteiger partial charge is 0.309 e. The lowest BCUT2D eigenvalue weighted by Crippen LogP contribution is -2.23. The van der Waals surface area contributed by atoms with Gasteiger partial charge in [-0.05, 0) is 44.2 Å². The second-order valence-electron chi connectivity index (χ2n) is 8.71. The molecule has 33 heavy (non-hydrogen) atoms. The summed E-state index contributed by atoms with van der Waals surface area (Å²) in [4.78, 5) is 24.5. The third-order valence-corrected chi connectivity index (χ3v) is 6.23. The Hall–Kier alpha value is -3.25. The maximum atomic E-state index is 13.1. The fourth-order valence-electron chi connectivity index (χ4n) is 3.77. The predicted molar refractivity (Wildman–Crippen MR) is 125 cm³/mol. The van der Waals surface area contributed by atoms with E-state index in [9.17, 15) is 14.7 Å². The van der Waals surface area contributed by atoms with E-state index in [-0.39, 0.29) is 25.6 Å². The molecule has 6 nitrogen and oxygen atoms in total. The van der Waals surface area contributed by atoms with Crippen LogP contribution in [0.1, 0.15) is 49.0 Å². The molecule has 1 aliphatic rings. The Balaban J connectivity index is 1.58. The van der Waals surface area contributed by atoms with Crippen LogP contribution in [0, 0.1) is 5.41 Å². The molecule has 0 aliphatic carbocycles. The molecule has 0 saturated carbocycles. The molecule has 0 radical (unpaired) electrons. The van der Waals surface area contributed by atoms with Crippen molar-refractivity contribution in [1.82, 2.24) is 0 Å². The number of hydrogen-bond donors (Lipinski definition) is 1. The van der Waals surface area contributed by atoms with Crippen molar-refractivity contribution in [2.24, 2.45) is 5.41 Å². The first-order chi connectivity index (χ1) is 15.8. The van der Waals surface area contributed by atoms with Crippen LogP contribution in [0.5, 0.6) is 17.2 Å². The van der Waals surface area contributed by atoms with Crippen LogP contribution >= 0.6 is 11.6 Å². The lowest BCUT2D eigenvalue weighted by Gasteiger charge is -2.19. The fourth-order valence-corrected chi connectivity index (χ4v) is 3.98. The Morgan fingerprint density at radius 2 is 1.82 bits per heavy atom. The van der Waals surface area contributed by atoms with Crippen molar-refractivity contribution >= 4 is 34.1 Å². The summed E-state index contributed by atoms with van der Waals surface area (Å²) < 4.78 is 17.0. The van der Waals surface area contributed by atoms with Gasteiger partial charge in [0.1, 0.15) is 12.4 Å². The third-order valence-electron chi connectivity index (χ3n) is 5.88. The monoisotopic (exact) mass is 468 g/mol. The first-order valence-electron chi connectivity index (χ1n) is 10.8. The number of rotatable bonds is 9. The molecule has 0 fully saturated rings. The van der Waals surface area contributed by atoms with Gasteiger partial charge in [-0.2, -0.15) is 0 Å². The van der Waals surface area contributed by atoms with E-state index in [0.717, 1.165) is 16.3 Å². The van der Waals surface area contributed by atoms with Crippen molar-refractivity contribution < 1.29 is 28.9 Å².